The predicted octanol–water partition coefficient (Wildman–Crippen LogP) is 1.54. The highest BCUT2D eigenvalue weighted by Gasteiger charge is 2.05. The van der Waals surface area contributed by atoms with Crippen LogP contribution in [0.1, 0.15) is 18.9 Å². The Morgan fingerprint density at radius 3 is 2.73 bits per heavy atom. The van der Waals surface area contributed by atoms with Gasteiger partial charge >= 0.3 is 0 Å². The zero-order chi connectivity index (χ0) is 11.3. The van der Waals surface area contributed by atoms with Crippen LogP contribution in [0.2, 0.25) is 0 Å². The van der Waals surface area contributed by atoms with Gasteiger partial charge in [0.15, 0.2) is 0 Å². The molecule has 82 valence electrons. The maximum atomic E-state index is 7.19. The first kappa shape index (κ1) is 11.5. The fourth-order valence-corrected chi connectivity index (χ4v) is 1.34. The standard InChI is InChI=1S/C11H18N4/c1-3-15(7-6-10(12)13)11-5-4-9(2)8-14-11/h4-5,8H,3,6-7H2,1-2H3,(H3,12,13). The van der Waals surface area contributed by atoms with E-state index in [4.69, 9.17) is 11.1 Å². The molecule has 1 aromatic heterocycles. The molecule has 0 amide bonds. The monoisotopic (exact) mass is 206 g/mol. The summed E-state index contributed by atoms with van der Waals surface area (Å²) in [6.07, 6.45) is 2.44. The van der Waals surface area contributed by atoms with E-state index in [1.54, 1.807) is 0 Å². The molecular weight excluding hydrogens is 188 g/mol. The second kappa shape index (κ2) is 5.34. The summed E-state index contributed by atoms with van der Waals surface area (Å²) < 4.78 is 0. The van der Waals surface area contributed by atoms with Gasteiger partial charge < -0.3 is 10.6 Å². The number of pyridine rings is 1. The summed E-state index contributed by atoms with van der Waals surface area (Å²) in [5, 5.41) is 7.19. The van der Waals surface area contributed by atoms with E-state index in [0.29, 0.717) is 6.42 Å². The highest BCUT2D eigenvalue weighted by atomic mass is 15.2. The normalized spacial score (nSPS) is 10.0. The molecule has 1 heterocycles. The first-order valence-electron chi connectivity index (χ1n) is 5.14. The van der Waals surface area contributed by atoms with E-state index in [1.165, 1.54) is 0 Å². The lowest BCUT2D eigenvalue weighted by atomic mass is 10.3. The van der Waals surface area contributed by atoms with E-state index in [9.17, 15) is 0 Å². The van der Waals surface area contributed by atoms with Crippen LogP contribution in [-0.4, -0.2) is 23.9 Å². The topological polar surface area (TPSA) is 66.0 Å². The van der Waals surface area contributed by atoms with Crippen molar-refractivity contribution >= 4 is 11.7 Å². The Balaban J connectivity index is 2.65. The van der Waals surface area contributed by atoms with Crippen LogP contribution < -0.4 is 10.6 Å². The zero-order valence-electron chi connectivity index (χ0n) is 9.33. The minimum atomic E-state index is 0.223. The number of rotatable bonds is 5. The molecule has 0 aliphatic carbocycles. The molecule has 0 saturated carbocycles. The van der Waals surface area contributed by atoms with Gasteiger partial charge in [0, 0.05) is 25.7 Å². The number of nitrogens with zero attached hydrogens (tertiary/aromatic N) is 2. The number of hydrogen-bond acceptors (Lipinski definition) is 3. The first-order valence-corrected chi connectivity index (χ1v) is 5.14. The van der Waals surface area contributed by atoms with E-state index < -0.39 is 0 Å². The predicted molar refractivity (Wildman–Crippen MR) is 63.4 cm³/mol. The lowest BCUT2D eigenvalue weighted by molar-refractivity contribution is 0.814. The summed E-state index contributed by atoms with van der Waals surface area (Å²) in [6, 6.07) is 4.04. The average molecular weight is 206 g/mol. The highest BCUT2D eigenvalue weighted by Crippen LogP contribution is 2.10. The number of amidine groups is 1. The molecule has 15 heavy (non-hydrogen) atoms. The summed E-state index contributed by atoms with van der Waals surface area (Å²) in [6.45, 7) is 5.72. The second-order valence-electron chi connectivity index (χ2n) is 3.55. The molecule has 0 spiro atoms. The number of anilines is 1. The van der Waals surface area contributed by atoms with E-state index in [2.05, 4.69) is 16.8 Å². The fraction of sp³-hybridized carbons (Fsp3) is 0.455. The quantitative estimate of drug-likeness (QED) is 0.567. The Hall–Kier alpha value is -1.58. The lowest BCUT2D eigenvalue weighted by Crippen LogP contribution is -2.28. The summed E-state index contributed by atoms with van der Waals surface area (Å²) in [4.78, 5) is 6.45. The van der Waals surface area contributed by atoms with Crippen molar-refractivity contribution in [1.82, 2.24) is 4.98 Å². The van der Waals surface area contributed by atoms with Crippen LogP contribution in [0.25, 0.3) is 0 Å². The Kier molecular flexibility index (Phi) is 4.09. The second-order valence-corrected chi connectivity index (χ2v) is 3.55. The van der Waals surface area contributed by atoms with Crippen LogP contribution in [-0.2, 0) is 0 Å². The molecular formula is C11H18N4. The molecule has 0 fully saturated rings. The van der Waals surface area contributed by atoms with Gasteiger partial charge in [-0.2, -0.15) is 0 Å². The number of aromatic nitrogens is 1. The number of aryl methyl sites for hydroxylation is 1. The van der Waals surface area contributed by atoms with Crippen LogP contribution in [0.3, 0.4) is 0 Å². The fourth-order valence-electron chi connectivity index (χ4n) is 1.34. The summed E-state index contributed by atoms with van der Waals surface area (Å²) >= 11 is 0. The molecule has 1 aromatic rings. The number of nitrogens with one attached hydrogen (secondary N) is 1. The molecule has 3 N–H and O–H groups in total. The van der Waals surface area contributed by atoms with Crippen LogP contribution >= 0.6 is 0 Å². The maximum absolute atomic E-state index is 7.19. The molecule has 0 radical (unpaired) electrons. The van der Waals surface area contributed by atoms with E-state index in [1.807, 2.05) is 25.3 Å². The Labute approximate surface area is 90.6 Å². The molecule has 0 saturated heterocycles. The van der Waals surface area contributed by atoms with Gasteiger partial charge in [0.25, 0.3) is 0 Å². The smallest absolute Gasteiger partial charge is 0.128 e. The van der Waals surface area contributed by atoms with Crippen molar-refractivity contribution in [2.24, 2.45) is 5.73 Å². The molecule has 0 aliphatic heterocycles. The van der Waals surface area contributed by atoms with Crippen molar-refractivity contribution in [3.63, 3.8) is 0 Å². The van der Waals surface area contributed by atoms with Gasteiger partial charge in [-0.1, -0.05) is 6.07 Å². The van der Waals surface area contributed by atoms with E-state index in [-0.39, 0.29) is 5.84 Å². The molecule has 0 aromatic carbocycles. The van der Waals surface area contributed by atoms with Crippen LogP contribution in [0.5, 0.6) is 0 Å². The Bertz CT molecular complexity index is 318. The van der Waals surface area contributed by atoms with Crippen LogP contribution in [0.4, 0.5) is 5.82 Å². The molecule has 0 atom stereocenters. The minimum absolute atomic E-state index is 0.223. The van der Waals surface area contributed by atoms with Gasteiger partial charge in [0.1, 0.15) is 5.82 Å². The molecule has 0 aliphatic rings. The van der Waals surface area contributed by atoms with Gasteiger partial charge in [-0.25, -0.2) is 4.98 Å². The lowest BCUT2D eigenvalue weighted by Gasteiger charge is -2.21. The van der Waals surface area contributed by atoms with Gasteiger partial charge in [-0.3, -0.25) is 5.41 Å². The SMILES string of the molecule is CCN(CCC(=N)N)c1ccc(C)cn1. The Morgan fingerprint density at radius 1 is 1.53 bits per heavy atom. The van der Waals surface area contributed by atoms with Crippen LogP contribution in [0.15, 0.2) is 18.3 Å². The minimum Gasteiger partial charge on any atom is -0.388 e. The van der Waals surface area contributed by atoms with Crippen molar-refractivity contribution in [3.05, 3.63) is 23.9 Å². The number of hydrogen-bond donors (Lipinski definition) is 2. The largest absolute Gasteiger partial charge is 0.388 e. The first-order chi connectivity index (χ1) is 7.13. The van der Waals surface area contributed by atoms with E-state index >= 15 is 0 Å². The van der Waals surface area contributed by atoms with Crippen molar-refractivity contribution < 1.29 is 0 Å². The van der Waals surface area contributed by atoms with Gasteiger partial charge in [-0.15, -0.1) is 0 Å². The number of nitrogens with two attached hydrogens (primary N) is 1. The third-order valence-corrected chi connectivity index (χ3v) is 2.25. The van der Waals surface area contributed by atoms with Crippen molar-refractivity contribution in [2.45, 2.75) is 20.3 Å². The van der Waals surface area contributed by atoms with E-state index in [0.717, 1.165) is 24.5 Å². The van der Waals surface area contributed by atoms with Crippen molar-refractivity contribution in [2.75, 3.05) is 18.0 Å². The third kappa shape index (κ3) is 3.58. The highest BCUT2D eigenvalue weighted by molar-refractivity contribution is 5.77. The maximum Gasteiger partial charge on any atom is 0.128 e. The average Bonchev–Trinajstić information content (AvgIpc) is 2.21. The van der Waals surface area contributed by atoms with Gasteiger partial charge in [0.05, 0.1) is 5.84 Å². The molecule has 4 nitrogen and oxygen atoms in total. The van der Waals surface area contributed by atoms with Gasteiger partial charge in [0.2, 0.25) is 0 Å². The summed E-state index contributed by atoms with van der Waals surface area (Å²) in [7, 11) is 0. The molecule has 0 bridgehead atoms. The summed E-state index contributed by atoms with van der Waals surface area (Å²) in [5.41, 5.74) is 6.49. The summed E-state index contributed by atoms with van der Waals surface area (Å²) in [5.74, 6) is 1.17. The van der Waals surface area contributed by atoms with Crippen LogP contribution in [0, 0.1) is 12.3 Å². The van der Waals surface area contributed by atoms with Crippen molar-refractivity contribution in [3.8, 4) is 0 Å². The van der Waals surface area contributed by atoms with Gasteiger partial charge in [-0.05, 0) is 25.5 Å². The third-order valence-electron chi connectivity index (χ3n) is 2.25. The zero-order valence-corrected chi connectivity index (χ0v) is 9.33. The van der Waals surface area contributed by atoms with Crippen molar-refractivity contribution in [1.29, 1.82) is 5.41 Å². The molecule has 0 unspecified atom stereocenters. The Morgan fingerprint density at radius 2 is 2.27 bits per heavy atom. The molecule has 4 heteroatoms. The molecule has 1 rings (SSSR count).